The van der Waals surface area contributed by atoms with Gasteiger partial charge in [-0.2, -0.15) is 0 Å². The minimum absolute atomic E-state index is 0.181. The zero-order valence-electron chi connectivity index (χ0n) is 16.5. The molecule has 1 aromatic heterocycles. The highest BCUT2D eigenvalue weighted by molar-refractivity contribution is 6.00. The van der Waals surface area contributed by atoms with E-state index < -0.39 is 0 Å². The van der Waals surface area contributed by atoms with E-state index in [1.165, 1.54) is 0 Å². The van der Waals surface area contributed by atoms with Crippen LogP contribution in [0.15, 0.2) is 60.4 Å². The van der Waals surface area contributed by atoms with Gasteiger partial charge >= 0.3 is 0 Å². The number of amides is 1. The number of carbonyl (C=O) groups excluding carboxylic acids is 1. The van der Waals surface area contributed by atoms with Crippen LogP contribution in [0.5, 0.6) is 5.75 Å². The first-order valence-electron chi connectivity index (χ1n) is 9.54. The van der Waals surface area contributed by atoms with Crippen LogP contribution in [0.3, 0.4) is 0 Å². The van der Waals surface area contributed by atoms with E-state index in [9.17, 15) is 4.79 Å². The molecule has 0 aliphatic carbocycles. The summed E-state index contributed by atoms with van der Waals surface area (Å²) in [5.74, 6) is 1.18. The second-order valence-electron chi connectivity index (χ2n) is 6.85. The molecule has 6 heteroatoms. The van der Waals surface area contributed by atoms with E-state index >= 15 is 0 Å². The Hall–Kier alpha value is -3.54. The van der Waals surface area contributed by atoms with Crippen molar-refractivity contribution in [2.75, 3.05) is 20.4 Å². The number of nitrogens with zero attached hydrogens (tertiary/aromatic N) is 1. The van der Waals surface area contributed by atoms with Crippen molar-refractivity contribution < 1.29 is 14.3 Å². The van der Waals surface area contributed by atoms with Crippen LogP contribution in [0.25, 0.3) is 16.7 Å². The van der Waals surface area contributed by atoms with Crippen LogP contribution in [0.1, 0.15) is 16.7 Å². The third kappa shape index (κ3) is 3.87. The summed E-state index contributed by atoms with van der Waals surface area (Å²) in [5.41, 5.74) is 4.36. The van der Waals surface area contributed by atoms with E-state index in [-0.39, 0.29) is 12.6 Å². The van der Waals surface area contributed by atoms with Gasteiger partial charge in [0.1, 0.15) is 11.4 Å². The van der Waals surface area contributed by atoms with E-state index in [0.29, 0.717) is 24.4 Å². The molecule has 3 aromatic rings. The van der Waals surface area contributed by atoms with Crippen LogP contribution in [-0.2, 0) is 16.0 Å². The average molecular weight is 389 g/mol. The monoisotopic (exact) mass is 389 g/mol. The van der Waals surface area contributed by atoms with Crippen molar-refractivity contribution in [1.29, 1.82) is 0 Å². The zero-order valence-corrected chi connectivity index (χ0v) is 16.5. The van der Waals surface area contributed by atoms with Crippen LogP contribution in [-0.4, -0.2) is 31.3 Å². The number of aromatic nitrogens is 1. The highest BCUT2D eigenvalue weighted by atomic mass is 16.5. The van der Waals surface area contributed by atoms with Gasteiger partial charge in [0.05, 0.1) is 12.6 Å². The molecule has 0 spiro atoms. The lowest BCUT2D eigenvalue weighted by molar-refractivity contribution is -0.117. The fraction of sp³-hybridized carbons (Fsp3) is 0.217. The lowest BCUT2D eigenvalue weighted by atomic mass is 10.1. The maximum atomic E-state index is 12.7. The number of hydrogen-bond donors (Lipinski definition) is 2. The first-order chi connectivity index (χ1) is 14.2. The fourth-order valence-electron chi connectivity index (χ4n) is 3.53. The Balaban J connectivity index is 1.47. The smallest absolute Gasteiger partial charge is 0.271 e. The number of hydrogen-bond acceptors (Lipinski definition) is 5. The van der Waals surface area contributed by atoms with Gasteiger partial charge in [0.25, 0.3) is 5.91 Å². The molecule has 6 nitrogen and oxygen atoms in total. The van der Waals surface area contributed by atoms with Gasteiger partial charge < -0.3 is 20.1 Å². The summed E-state index contributed by atoms with van der Waals surface area (Å²) in [5, 5.41) is 7.12. The summed E-state index contributed by atoms with van der Waals surface area (Å²) in [7, 11) is 1.64. The topological polar surface area (TPSA) is 72.5 Å². The molecule has 148 valence electrons. The highest BCUT2D eigenvalue weighted by Crippen LogP contribution is 2.27. The zero-order chi connectivity index (χ0) is 20.2. The van der Waals surface area contributed by atoms with Gasteiger partial charge in [-0.1, -0.05) is 24.3 Å². The van der Waals surface area contributed by atoms with Crippen molar-refractivity contribution in [1.82, 2.24) is 15.6 Å². The molecule has 1 amide bonds. The Bertz CT molecular complexity index is 1090. The Kier molecular flexibility index (Phi) is 5.33. The number of carbonyl (C=O) groups is 1. The van der Waals surface area contributed by atoms with Gasteiger partial charge in [-0.05, 0) is 48.7 Å². The van der Waals surface area contributed by atoms with E-state index in [4.69, 9.17) is 9.47 Å². The van der Waals surface area contributed by atoms with Gasteiger partial charge in [-0.15, -0.1) is 0 Å². The lowest BCUT2D eigenvalue weighted by Crippen LogP contribution is -2.31. The minimum Gasteiger partial charge on any atom is -0.496 e. The molecule has 1 aliphatic heterocycles. The normalized spacial score (nSPS) is 13.2. The predicted molar refractivity (Wildman–Crippen MR) is 112 cm³/mol. The predicted octanol–water partition coefficient (Wildman–Crippen LogP) is 3.16. The highest BCUT2D eigenvalue weighted by Gasteiger charge is 2.23. The third-order valence-corrected chi connectivity index (χ3v) is 4.97. The van der Waals surface area contributed by atoms with E-state index in [2.05, 4.69) is 15.6 Å². The maximum absolute atomic E-state index is 12.7. The number of nitrogens with one attached hydrogen (secondary N) is 2. The number of ether oxygens (including phenoxy) is 2. The SMILES string of the molecule is COc1ccc(C2=C(C(=O)NCCc3cccc4cccnc34)NCO2)cc1C. The first-order valence-corrected chi connectivity index (χ1v) is 9.54. The quantitative estimate of drug-likeness (QED) is 0.678. The fourth-order valence-corrected chi connectivity index (χ4v) is 3.53. The molecule has 0 radical (unpaired) electrons. The standard InChI is InChI=1S/C23H23N3O3/c1-15-13-18(8-9-19(15)28-2)22-21(26-14-29-22)23(27)25-12-10-17-6-3-5-16-7-4-11-24-20(16)17/h3-9,11,13,26H,10,12,14H2,1-2H3,(H,25,27). The van der Waals surface area contributed by atoms with Gasteiger partial charge in [-0.25, -0.2) is 0 Å². The molecule has 0 fully saturated rings. The summed E-state index contributed by atoms with van der Waals surface area (Å²) in [6.07, 6.45) is 2.49. The van der Waals surface area contributed by atoms with Crippen molar-refractivity contribution >= 4 is 22.6 Å². The van der Waals surface area contributed by atoms with E-state index in [1.807, 2.05) is 55.5 Å². The van der Waals surface area contributed by atoms with E-state index in [0.717, 1.165) is 33.3 Å². The number of fused-ring (bicyclic) bond motifs is 1. The minimum atomic E-state index is -0.181. The molecule has 2 aromatic carbocycles. The van der Waals surface area contributed by atoms with Crippen LogP contribution in [0, 0.1) is 6.92 Å². The summed E-state index contributed by atoms with van der Waals surface area (Å²) in [6, 6.07) is 15.8. The molecule has 0 bridgehead atoms. The molecule has 0 atom stereocenters. The number of benzene rings is 2. The molecule has 2 N–H and O–H groups in total. The van der Waals surface area contributed by atoms with Crippen LogP contribution < -0.4 is 15.4 Å². The molecular formula is C23H23N3O3. The molecule has 1 aliphatic rings. The molecule has 4 rings (SSSR count). The van der Waals surface area contributed by atoms with Gasteiger partial charge in [-0.3, -0.25) is 9.78 Å². The molecular weight excluding hydrogens is 366 g/mol. The van der Waals surface area contributed by atoms with Crippen LogP contribution in [0.2, 0.25) is 0 Å². The largest absolute Gasteiger partial charge is 0.496 e. The van der Waals surface area contributed by atoms with Gasteiger partial charge in [0, 0.05) is 23.7 Å². The van der Waals surface area contributed by atoms with Gasteiger partial charge in [0.2, 0.25) is 0 Å². The van der Waals surface area contributed by atoms with Gasteiger partial charge in [0.15, 0.2) is 12.5 Å². The first kappa shape index (κ1) is 18.8. The molecule has 0 saturated heterocycles. The second-order valence-corrected chi connectivity index (χ2v) is 6.85. The number of methoxy groups -OCH3 is 1. The van der Waals surface area contributed by atoms with Crippen LogP contribution in [0.4, 0.5) is 0 Å². The average Bonchev–Trinajstić information content (AvgIpc) is 3.24. The molecule has 29 heavy (non-hydrogen) atoms. The lowest BCUT2D eigenvalue weighted by Gasteiger charge is -2.10. The van der Waals surface area contributed by atoms with E-state index in [1.54, 1.807) is 13.3 Å². The molecule has 0 unspecified atom stereocenters. The van der Waals surface area contributed by atoms with Crippen molar-refractivity contribution in [2.24, 2.45) is 0 Å². The van der Waals surface area contributed by atoms with Crippen LogP contribution >= 0.6 is 0 Å². The Morgan fingerprint density at radius 1 is 1.24 bits per heavy atom. The van der Waals surface area contributed by atoms with Crippen molar-refractivity contribution in [3.63, 3.8) is 0 Å². The Morgan fingerprint density at radius 2 is 2.10 bits per heavy atom. The summed E-state index contributed by atoms with van der Waals surface area (Å²) in [6.45, 7) is 2.74. The Labute approximate surface area is 169 Å². The second kappa shape index (κ2) is 8.22. The Morgan fingerprint density at radius 3 is 2.93 bits per heavy atom. The third-order valence-electron chi connectivity index (χ3n) is 4.97. The van der Waals surface area contributed by atoms with Crippen molar-refractivity contribution in [3.05, 3.63) is 77.1 Å². The van der Waals surface area contributed by atoms with Crippen molar-refractivity contribution in [2.45, 2.75) is 13.3 Å². The van der Waals surface area contributed by atoms with Crippen molar-refractivity contribution in [3.8, 4) is 5.75 Å². The number of aryl methyl sites for hydroxylation is 1. The number of rotatable bonds is 6. The molecule has 0 saturated carbocycles. The maximum Gasteiger partial charge on any atom is 0.271 e. The summed E-state index contributed by atoms with van der Waals surface area (Å²) >= 11 is 0. The summed E-state index contributed by atoms with van der Waals surface area (Å²) < 4.78 is 11.0. The summed E-state index contributed by atoms with van der Waals surface area (Å²) in [4.78, 5) is 17.2. The number of pyridine rings is 1. The molecule has 2 heterocycles. The number of para-hydroxylation sites is 1.